The molecule has 5 nitrogen and oxygen atoms in total. The summed E-state index contributed by atoms with van der Waals surface area (Å²) in [6, 6.07) is -0.446. The van der Waals surface area contributed by atoms with Crippen molar-refractivity contribution in [3.63, 3.8) is 0 Å². The van der Waals surface area contributed by atoms with Crippen LogP contribution in [0.5, 0.6) is 0 Å². The number of carboxylic acids is 1. The van der Waals surface area contributed by atoms with Gasteiger partial charge in [-0.3, -0.25) is 4.79 Å². The van der Waals surface area contributed by atoms with Crippen LogP contribution in [0.4, 0.5) is 0 Å². The molecule has 0 spiro atoms. The minimum absolute atomic E-state index is 0.446. The second-order valence-electron chi connectivity index (χ2n) is 3.05. The Morgan fingerprint density at radius 2 is 2.50 bits per heavy atom. The molecule has 78 valence electrons. The van der Waals surface area contributed by atoms with Crippen LogP contribution in [0.15, 0.2) is 18.7 Å². The summed E-state index contributed by atoms with van der Waals surface area (Å²) < 4.78 is 1.90. The monoisotopic (exact) mass is 197 g/mol. The van der Waals surface area contributed by atoms with E-state index in [1.165, 1.54) is 0 Å². The normalized spacial score (nSPS) is 12.6. The van der Waals surface area contributed by atoms with Gasteiger partial charge >= 0.3 is 5.97 Å². The fourth-order valence-corrected chi connectivity index (χ4v) is 1.19. The fourth-order valence-electron chi connectivity index (χ4n) is 1.19. The fraction of sp³-hybridized carbons (Fsp3) is 0.556. The summed E-state index contributed by atoms with van der Waals surface area (Å²) in [5.41, 5.74) is 0. The number of aliphatic carboxylic acids is 1. The lowest BCUT2D eigenvalue weighted by Gasteiger charge is -2.11. The van der Waals surface area contributed by atoms with Gasteiger partial charge in [-0.1, -0.05) is 6.92 Å². The number of hydrogen-bond acceptors (Lipinski definition) is 3. The van der Waals surface area contributed by atoms with Crippen molar-refractivity contribution in [2.45, 2.75) is 25.9 Å². The van der Waals surface area contributed by atoms with Crippen LogP contribution in [-0.2, 0) is 11.3 Å². The van der Waals surface area contributed by atoms with Crippen molar-refractivity contribution in [3.05, 3.63) is 18.7 Å². The highest BCUT2D eigenvalue weighted by Crippen LogP contribution is 1.91. The number of imidazole rings is 1. The molecule has 1 rings (SSSR count). The van der Waals surface area contributed by atoms with Gasteiger partial charge < -0.3 is 15.0 Å². The van der Waals surface area contributed by atoms with Crippen molar-refractivity contribution in [1.29, 1.82) is 0 Å². The predicted molar refractivity (Wildman–Crippen MR) is 51.9 cm³/mol. The second-order valence-corrected chi connectivity index (χ2v) is 3.05. The summed E-state index contributed by atoms with van der Waals surface area (Å²) in [5, 5.41) is 11.7. The number of carbonyl (C=O) groups is 1. The Bertz CT molecular complexity index is 272. The van der Waals surface area contributed by atoms with Gasteiger partial charge in [0.1, 0.15) is 6.04 Å². The van der Waals surface area contributed by atoms with E-state index in [4.69, 9.17) is 5.11 Å². The number of nitrogens with zero attached hydrogens (tertiary/aromatic N) is 2. The zero-order valence-corrected chi connectivity index (χ0v) is 8.18. The van der Waals surface area contributed by atoms with Crippen LogP contribution >= 0.6 is 0 Å². The van der Waals surface area contributed by atoms with Gasteiger partial charge in [0, 0.05) is 25.5 Å². The Kier molecular flexibility index (Phi) is 4.12. The Balaban J connectivity index is 2.23. The van der Waals surface area contributed by atoms with E-state index in [-0.39, 0.29) is 0 Å². The van der Waals surface area contributed by atoms with Crippen molar-refractivity contribution in [1.82, 2.24) is 14.9 Å². The average Bonchev–Trinajstić information content (AvgIpc) is 2.64. The van der Waals surface area contributed by atoms with Gasteiger partial charge in [0.15, 0.2) is 0 Å². The van der Waals surface area contributed by atoms with Crippen LogP contribution in [0.25, 0.3) is 0 Å². The topological polar surface area (TPSA) is 67.2 Å². The van der Waals surface area contributed by atoms with Gasteiger partial charge in [0.05, 0.1) is 6.33 Å². The van der Waals surface area contributed by atoms with Crippen LogP contribution < -0.4 is 5.32 Å². The second kappa shape index (κ2) is 5.39. The molecule has 1 aromatic heterocycles. The molecule has 1 atom stereocenters. The summed E-state index contributed by atoms with van der Waals surface area (Å²) in [6.07, 6.45) is 5.86. The van der Waals surface area contributed by atoms with E-state index in [0.29, 0.717) is 13.0 Å². The van der Waals surface area contributed by atoms with E-state index in [9.17, 15) is 4.79 Å². The van der Waals surface area contributed by atoms with Gasteiger partial charge in [-0.05, 0) is 6.42 Å². The summed E-state index contributed by atoms with van der Waals surface area (Å²) in [4.78, 5) is 14.5. The van der Waals surface area contributed by atoms with E-state index in [1.54, 1.807) is 12.5 Å². The molecular weight excluding hydrogens is 182 g/mol. The third-order valence-electron chi connectivity index (χ3n) is 2.03. The van der Waals surface area contributed by atoms with Crippen molar-refractivity contribution in [3.8, 4) is 0 Å². The van der Waals surface area contributed by atoms with Crippen LogP contribution in [0.3, 0.4) is 0 Å². The lowest BCUT2D eigenvalue weighted by Crippen LogP contribution is -2.37. The molecule has 0 amide bonds. The standard InChI is InChI=1S/C9H15N3O2/c1-2-8(9(13)14)11-4-6-12-5-3-10-7-12/h3,5,7-8,11H,2,4,6H2,1H3,(H,13,14). The van der Waals surface area contributed by atoms with Crippen LogP contribution in [0, 0.1) is 0 Å². The lowest BCUT2D eigenvalue weighted by atomic mass is 10.2. The maximum absolute atomic E-state index is 10.6. The first-order valence-corrected chi connectivity index (χ1v) is 4.66. The molecule has 0 radical (unpaired) electrons. The predicted octanol–water partition coefficient (Wildman–Crippen LogP) is 0.336. The molecule has 1 unspecified atom stereocenters. The molecule has 0 aromatic carbocycles. The molecular formula is C9H15N3O2. The molecule has 0 saturated heterocycles. The molecule has 14 heavy (non-hydrogen) atoms. The zero-order valence-electron chi connectivity index (χ0n) is 8.18. The Hall–Kier alpha value is -1.36. The molecule has 0 aliphatic rings. The maximum Gasteiger partial charge on any atom is 0.320 e. The van der Waals surface area contributed by atoms with E-state index < -0.39 is 12.0 Å². The summed E-state index contributed by atoms with van der Waals surface area (Å²) >= 11 is 0. The largest absolute Gasteiger partial charge is 0.480 e. The molecule has 0 fully saturated rings. The molecule has 0 saturated carbocycles. The molecule has 1 heterocycles. The van der Waals surface area contributed by atoms with E-state index in [0.717, 1.165) is 6.54 Å². The number of aromatic nitrogens is 2. The molecule has 0 aliphatic carbocycles. The van der Waals surface area contributed by atoms with Crippen molar-refractivity contribution >= 4 is 5.97 Å². The SMILES string of the molecule is CCC(NCCn1ccnc1)C(=O)O. The number of hydrogen-bond donors (Lipinski definition) is 2. The Morgan fingerprint density at radius 1 is 1.71 bits per heavy atom. The third-order valence-corrected chi connectivity index (χ3v) is 2.03. The van der Waals surface area contributed by atoms with Gasteiger partial charge in [-0.25, -0.2) is 4.98 Å². The van der Waals surface area contributed by atoms with E-state index in [2.05, 4.69) is 10.3 Å². The van der Waals surface area contributed by atoms with Gasteiger partial charge in [0.2, 0.25) is 0 Å². The van der Waals surface area contributed by atoms with Crippen LogP contribution in [0.2, 0.25) is 0 Å². The van der Waals surface area contributed by atoms with Crippen LogP contribution in [0.1, 0.15) is 13.3 Å². The summed E-state index contributed by atoms with van der Waals surface area (Å²) in [6.45, 7) is 3.23. The quantitative estimate of drug-likeness (QED) is 0.690. The highest BCUT2D eigenvalue weighted by Gasteiger charge is 2.12. The smallest absolute Gasteiger partial charge is 0.320 e. The Morgan fingerprint density at radius 3 is 3.00 bits per heavy atom. The maximum atomic E-state index is 10.6. The number of carboxylic acid groups (broad SMARTS) is 1. The van der Waals surface area contributed by atoms with Crippen molar-refractivity contribution in [2.75, 3.05) is 6.54 Å². The third kappa shape index (κ3) is 3.18. The Labute approximate surface area is 82.8 Å². The van der Waals surface area contributed by atoms with E-state index >= 15 is 0 Å². The first-order valence-electron chi connectivity index (χ1n) is 4.66. The molecule has 0 aliphatic heterocycles. The molecule has 1 aromatic rings. The minimum atomic E-state index is -0.793. The van der Waals surface area contributed by atoms with Crippen molar-refractivity contribution < 1.29 is 9.90 Å². The lowest BCUT2D eigenvalue weighted by molar-refractivity contribution is -0.139. The number of rotatable bonds is 6. The first kappa shape index (κ1) is 10.7. The molecule has 0 bridgehead atoms. The first-order chi connectivity index (χ1) is 6.74. The van der Waals surface area contributed by atoms with Gasteiger partial charge in [-0.15, -0.1) is 0 Å². The van der Waals surface area contributed by atoms with E-state index in [1.807, 2.05) is 17.7 Å². The van der Waals surface area contributed by atoms with Crippen LogP contribution in [-0.4, -0.2) is 33.2 Å². The van der Waals surface area contributed by atoms with Crippen molar-refractivity contribution in [2.24, 2.45) is 0 Å². The zero-order chi connectivity index (χ0) is 10.4. The number of nitrogens with one attached hydrogen (secondary N) is 1. The van der Waals surface area contributed by atoms with Gasteiger partial charge in [-0.2, -0.15) is 0 Å². The van der Waals surface area contributed by atoms with Gasteiger partial charge in [0.25, 0.3) is 0 Å². The minimum Gasteiger partial charge on any atom is -0.480 e. The molecule has 5 heteroatoms. The summed E-state index contributed by atoms with van der Waals surface area (Å²) in [7, 11) is 0. The summed E-state index contributed by atoms with van der Waals surface area (Å²) in [5.74, 6) is -0.793. The highest BCUT2D eigenvalue weighted by atomic mass is 16.4. The highest BCUT2D eigenvalue weighted by molar-refractivity contribution is 5.73. The average molecular weight is 197 g/mol. The molecule has 2 N–H and O–H groups in total.